The lowest BCUT2D eigenvalue weighted by molar-refractivity contribution is -0.124. The summed E-state index contributed by atoms with van der Waals surface area (Å²) in [5.74, 6) is -0.558. The molecule has 1 fully saturated rings. The highest BCUT2D eigenvalue weighted by Gasteiger charge is 2.26. The standard InChI is InChI=1S/C13H16BrFN2O/c14-10-5-9(6-11(15)7-10)8-17-4-2-1-3-12(17)13(16)18/h5-7,12H,1-4,8H2,(H2,16,18). The Labute approximate surface area is 114 Å². The molecule has 1 unspecified atom stereocenters. The Morgan fingerprint density at radius 1 is 1.44 bits per heavy atom. The molecule has 3 nitrogen and oxygen atoms in total. The predicted molar refractivity (Wildman–Crippen MR) is 71.3 cm³/mol. The summed E-state index contributed by atoms with van der Waals surface area (Å²) < 4.78 is 14.0. The first-order valence-electron chi connectivity index (χ1n) is 6.04. The van der Waals surface area contributed by atoms with Crippen LogP contribution in [0.15, 0.2) is 22.7 Å². The van der Waals surface area contributed by atoms with E-state index in [1.54, 1.807) is 0 Å². The van der Waals surface area contributed by atoms with E-state index in [4.69, 9.17) is 5.73 Å². The van der Waals surface area contributed by atoms with Gasteiger partial charge in [-0.05, 0) is 43.1 Å². The number of nitrogens with two attached hydrogens (primary N) is 1. The molecular formula is C13H16BrFN2O. The van der Waals surface area contributed by atoms with E-state index in [0.29, 0.717) is 11.0 Å². The van der Waals surface area contributed by atoms with Gasteiger partial charge in [0.1, 0.15) is 5.82 Å². The van der Waals surface area contributed by atoms with Gasteiger partial charge in [0, 0.05) is 11.0 Å². The number of amides is 1. The number of carbonyl (C=O) groups excluding carboxylic acids is 1. The van der Waals surface area contributed by atoms with Crippen molar-refractivity contribution in [2.75, 3.05) is 6.54 Å². The first-order valence-corrected chi connectivity index (χ1v) is 6.84. The van der Waals surface area contributed by atoms with Crippen molar-refractivity contribution in [3.63, 3.8) is 0 Å². The third kappa shape index (κ3) is 3.29. The maximum absolute atomic E-state index is 13.3. The van der Waals surface area contributed by atoms with E-state index >= 15 is 0 Å². The van der Waals surface area contributed by atoms with Crippen molar-refractivity contribution in [2.24, 2.45) is 5.73 Å². The lowest BCUT2D eigenvalue weighted by Gasteiger charge is -2.33. The minimum Gasteiger partial charge on any atom is -0.368 e. The zero-order valence-corrected chi connectivity index (χ0v) is 11.6. The van der Waals surface area contributed by atoms with Crippen molar-refractivity contribution < 1.29 is 9.18 Å². The molecule has 1 amide bonds. The number of piperidine rings is 1. The topological polar surface area (TPSA) is 46.3 Å². The van der Waals surface area contributed by atoms with Crippen LogP contribution >= 0.6 is 15.9 Å². The summed E-state index contributed by atoms with van der Waals surface area (Å²) in [4.78, 5) is 13.4. The predicted octanol–water partition coefficient (Wildman–Crippen LogP) is 2.43. The van der Waals surface area contributed by atoms with Gasteiger partial charge in [-0.25, -0.2) is 4.39 Å². The Hall–Kier alpha value is -0.940. The molecule has 1 heterocycles. The van der Waals surface area contributed by atoms with Crippen LogP contribution in [0.5, 0.6) is 0 Å². The first-order chi connectivity index (χ1) is 8.56. The molecule has 1 aliphatic heterocycles. The molecule has 0 saturated carbocycles. The van der Waals surface area contributed by atoms with Gasteiger partial charge >= 0.3 is 0 Å². The summed E-state index contributed by atoms with van der Waals surface area (Å²) in [5, 5.41) is 0. The highest BCUT2D eigenvalue weighted by molar-refractivity contribution is 9.10. The second-order valence-corrected chi connectivity index (χ2v) is 5.58. The highest BCUT2D eigenvalue weighted by atomic mass is 79.9. The Morgan fingerprint density at radius 2 is 2.22 bits per heavy atom. The molecule has 18 heavy (non-hydrogen) atoms. The third-order valence-electron chi connectivity index (χ3n) is 3.25. The van der Waals surface area contributed by atoms with Crippen LogP contribution in [-0.2, 0) is 11.3 Å². The molecule has 2 rings (SSSR count). The van der Waals surface area contributed by atoms with Crippen LogP contribution in [0.3, 0.4) is 0 Å². The number of hydrogen-bond donors (Lipinski definition) is 1. The number of nitrogens with zero attached hydrogens (tertiary/aromatic N) is 1. The lowest BCUT2D eigenvalue weighted by Crippen LogP contribution is -2.47. The van der Waals surface area contributed by atoms with Gasteiger partial charge in [0.05, 0.1) is 6.04 Å². The Balaban J connectivity index is 2.13. The number of likely N-dealkylation sites (tertiary alicyclic amines) is 1. The van der Waals surface area contributed by atoms with Crippen LogP contribution in [0.4, 0.5) is 4.39 Å². The monoisotopic (exact) mass is 314 g/mol. The summed E-state index contributed by atoms with van der Waals surface area (Å²) in [6, 6.07) is 4.57. The fourth-order valence-electron chi connectivity index (χ4n) is 2.44. The Kier molecular flexibility index (Phi) is 4.35. The molecule has 0 aromatic heterocycles. The molecule has 1 aliphatic rings. The van der Waals surface area contributed by atoms with Crippen LogP contribution < -0.4 is 5.73 Å². The van der Waals surface area contributed by atoms with E-state index in [1.807, 2.05) is 11.0 Å². The van der Waals surface area contributed by atoms with Gasteiger partial charge in [0.25, 0.3) is 0 Å². The average Bonchev–Trinajstić information content (AvgIpc) is 2.27. The average molecular weight is 315 g/mol. The van der Waals surface area contributed by atoms with Gasteiger partial charge in [-0.1, -0.05) is 22.4 Å². The molecule has 0 spiro atoms. The smallest absolute Gasteiger partial charge is 0.234 e. The van der Waals surface area contributed by atoms with Gasteiger partial charge in [-0.3, -0.25) is 9.69 Å². The van der Waals surface area contributed by atoms with E-state index in [2.05, 4.69) is 15.9 Å². The summed E-state index contributed by atoms with van der Waals surface area (Å²) >= 11 is 3.27. The number of primary amides is 1. The van der Waals surface area contributed by atoms with E-state index in [-0.39, 0.29) is 17.8 Å². The van der Waals surface area contributed by atoms with E-state index < -0.39 is 0 Å². The van der Waals surface area contributed by atoms with Gasteiger partial charge < -0.3 is 5.73 Å². The van der Waals surface area contributed by atoms with E-state index in [0.717, 1.165) is 31.4 Å². The molecule has 0 bridgehead atoms. The Bertz CT molecular complexity index is 432. The van der Waals surface area contributed by atoms with Crippen molar-refractivity contribution in [3.8, 4) is 0 Å². The van der Waals surface area contributed by atoms with Crippen molar-refractivity contribution in [2.45, 2.75) is 31.8 Å². The fraction of sp³-hybridized carbons (Fsp3) is 0.462. The number of halogens is 2. The molecule has 2 N–H and O–H groups in total. The SMILES string of the molecule is NC(=O)C1CCCCN1Cc1cc(F)cc(Br)c1. The van der Waals surface area contributed by atoms with Crippen molar-refractivity contribution in [3.05, 3.63) is 34.1 Å². The van der Waals surface area contributed by atoms with Crippen LogP contribution in [-0.4, -0.2) is 23.4 Å². The maximum Gasteiger partial charge on any atom is 0.234 e. The van der Waals surface area contributed by atoms with Crippen molar-refractivity contribution in [1.82, 2.24) is 4.90 Å². The van der Waals surface area contributed by atoms with Gasteiger partial charge in [0.2, 0.25) is 5.91 Å². The van der Waals surface area contributed by atoms with Gasteiger partial charge in [-0.15, -0.1) is 0 Å². The zero-order valence-electron chi connectivity index (χ0n) is 10.0. The first kappa shape index (κ1) is 13.5. The second-order valence-electron chi connectivity index (χ2n) is 4.66. The highest BCUT2D eigenvalue weighted by Crippen LogP contribution is 2.21. The summed E-state index contributed by atoms with van der Waals surface area (Å²) in [7, 11) is 0. The number of hydrogen-bond acceptors (Lipinski definition) is 2. The quantitative estimate of drug-likeness (QED) is 0.931. The lowest BCUT2D eigenvalue weighted by atomic mass is 10.0. The van der Waals surface area contributed by atoms with Crippen LogP contribution in [0.2, 0.25) is 0 Å². The molecule has 5 heteroatoms. The third-order valence-corrected chi connectivity index (χ3v) is 3.71. The molecular weight excluding hydrogens is 299 g/mol. The molecule has 0 aliphatic carbocycles. The van der Waals surface area contributed by atoms with Gasteiger partial charge in [0.15, 0.2) is 0 Å². The van der Waals surface area contributed by atoms with Crippen LogP contribution in [0, 0.1) is 5.82 Å². The number of benzene rings is 1. The summed E-state index contributed by atoms with van der Waals surface area (Å²) in [5.41, 5.74) is 6.26. The minimum atomic E-state index is -0.287. The molecule has 1 aromatic carbocycles. The molecule has 1 saturated heterocycles. The second kappa shape index (κ2) is 5.80. The number of carbonyl (C=O) groups is 1. The fourth-order valence-corrected chi connectivity index (χ4v) is 2.95. The van der Waals surface area contributed by atoms with E-state index in [1.165, 1.54) is 12.1 Å². The number of rotatable bonds is 3. The summed E-state index contributed by atoms with van der Waals surface area (Å²) in [6.45, 7) is 1.39. The van der Waals surface area contributed by atoms with E-state index in [9.17, 15) is 9.18 Å². The summed E-state index contributed by atoms with van der Waals surface area (Å²) in [6.07, 6.45) is 2.88. The van der Waals surface area contributed by atoms with Crippen molar-refractivity contribution >= 4 is 21.8 Å². The Morgan fingerprint density at radius 3 is 2.89 bits per heavy atom. The van der Waals surface area contributed by atoms with Gasteiger partial charge in [-0.2, -0.15) is 0 Å². The van der Waals surface area contributed by atoms with Crippen molar-refractivity contribution in [1.29, 1.82) is 0 Å². The largest absolute Gasteiger partial charge is 0.368 e. The molecule has 98 valence electrons. The van der Waals surface area contributed by atoms with Crippen LogP contribution in [0.25, 0.3) is 0 Å². The molecule has 0 radical (unpaired) electrons. The molecule has 1 aromatic rings. The molecule has 1 atom stereocenters. The minimum absolute atomic E-state index is 0.221. The zero-order chi connectivity index (χ0) is 13.1. The maximum atomic E-state index is 13.3. The van der Waals surface area contributed by atoms with Crippen LogP contribution in [0.1, 0.15) is 24.8 Å². The normalized spacial score (nSPS) is 20.9.